The molecule has 4 saturated carbocycles. The van der Waals surface area contributed by atoms with Crippen LogP contribution >= 0.6 is 0 Å². The van der Waals surface area contributed by atoms with Crippen LogP contribution in [0.15, 0.2) is 42.5 Å². The molecule has 5 aliphatic rings. The maximum atomic E-state index is 13.6. The van der Waals surface area contributed by atoms with Gasteiger partial charge in [-0.25, -0.2) is 5.14 Å². The number of hydrogen-bond acceptors (Lipinski definition) is 6. The molecule has 1 saturated heterocycles. The fourth-order valence-electron chi connectivity index (χ4n) is 11.5. The lowest BCUT2D eigenvalue weighted by Gasteiger charge is -2.62. The van der Waals surface area contributed by atoms with Crippen LogP contribution in [0.5, 0.6) is 0 Å². The molecule has 0 aromatic heterocycles. The van der Waals surface area contributed by atoms with Crippen LogP contribution in [0, 0.1) is 34.5 Å². The van der Waals surface area contributed by atoms with Crippen molar-refractivity contribution in [3.63, 3.8) is 0 Å². The number of carbonyl (C=O) groups excluding carboxylic acids is 2. The summed E-state index contributed by atoms with van der Waals surface area (Å²) < 4.78 is 29.2. The van der Waals surface area contributed by atoms with E-state index in [1.165, 1.54) is 32.1 Å². The summed E-state index contributed by atoms with van der Waals surface area (Å²) in [4.78, 5) is 33.5. The van der Waals surface area contributed by atoms with Crippen molar-refractivity contribution in [3.05, 3.63) is 48.0 Å². The number of nitrogens with zero attached hydrogens (tertiary/aromatic N) is 3. The first kappa shape index (κ1) is 34.9. The van der Waals surface area contributed by atoms with E-state index in [-0.39, 0.29) is 35.3 Å². The monoisotopic (exact) mass is 692 g/mol. The molecule has 9 nitrogen and oxygen atoms in total. The maximum Gasteiger partial charge on any atom is 0.333 e. The number of fused-ring (bicyclic) bond motifs is 6. The number of hydrogen-bond donors (Lipinski definition) is 1. The van der Waals surface area contributed by atoms with Gasteiger partial charge in [0.1, 0.15) is 6.54 Å². The van der Waals surface area contributed by atoms with Gasteiger partial charge in [-0.15, -0.1) is 0 Å². The van der Waals surface area contributed by atoms with E-state index < -0.39 is 10.3 Å². The van der Waals surface area contributed by atoms with Crippen LogP contribution in [0.4, 0.5) is 0 Å². The van der Waals surface area contributed by atoms with Gasteiger partial charge in [-0.3, -0.25) is 18.7 Å². The molecular formula is C39H56N4O5S. The van der Waals surface area contributed by atoms with Crippen LogP contribution in [-0.4, -0.2) is 86.3 Å². The summed E-state index contributed by atoms with van der Waals surface area (Å²) in [6, 6.07) is 14.4. The molecule has 4 aliphatic carbocycles. The highest BCUT2D eigenvalue weighted by Gasteiger charge is 2.61. The minimum Gasteiger partial charge on any atom is -0.339 e. The zero-order valence-corrected chi connectivity index (χ0v) is 30.5. The van der Waals surface area contributed by atoms with Crippen molar-refractivity contribution in [2.24, 2.45) is 39.6 Å². The summed E-state index contributed by atoms with van der Waals surface area (Å²) in [7, 11) is -3.96. The Bertz CT molecular complexity index is 1660. The van der Waals surface area contributed by atoms with Crippen molar-refractivity contribution in [1.29, 1.82) is 0 Å². The second-order valence-electron chi connectivity index (χ2n) is 16.5. The predicted octanol–water partition coefficient (Wildman–Crippen LogP) is 5.84. The summed E-state index contributed by atoms with van der Waals surface area (Å²) in [5.74, 6) is 2.48. The fourth-order valence-corrected chi connectivity index (χ4v) is 12.2. The van der Waals surface area contributed by atoms with Gasteiger partial charge in [-0.1, -0.05) is 51.1 Å². The highest BCUT2D eigenvalue weighted by atomic mass is 32.2. The first-order valence-electron chi connectivity index (χ1n) is 18.9. The molecule has 1 heterocycles. The Morgan fingerprint density at radius 3 is 2.35 bits per heavy atom. The van der Waals surface area contributed by atoms with E-state index in [1.54, 1.807) is 4.90 Å². The molecule has 0 spiro atoms. The summed E-state index contributed by atoms with van der Waals surface area (Å²) >= 11 is 0. The SMILES string of the molecule is CCCN(CC(=O)N1CCN(C2CCC3CCC4C(CCC5(C)C(OS(N)(=O)=O)CCC45)C3(C)C2)CC1)C(=O)c1ccc2ccccc2c1. The van der Waals surface area contributed by atoms with Crippen LogP contribution in [0.3, 0.4) is 0 Å². The van der Waals surface area contributed by atoms with Crippen molar-refractivity contribution in [1.82, 2.24) is 14.7 Å². The minimum atomic E-state index is -3.96. The number of benzene rings is 2. The van der Waals surface area contributed by atoms with Crippen LogP contribution in [0.1, 0.15) is 95.3 Å². The summed E-state index contributed by atoms with van der Waals surface area (Å²) in [6.45, 7) is 10.7. The Labute approximate surface area is 293 Å². The van der Waals surface area contributed by atoms with Gasteiger partial charge in [0.25, 0.3) is 5.91 Å². The zero-order valence-electron chi connectivity index (χ0n) is 29.7. The molecule has 8 unspecified atom stereocenters. The smallest absolute Gasteiger partial charge is 0.333 e. The van der Waals surface area contributed by atoms with E-state index >= 15 is 0 Å². The molecule has 5 fully saturated rings. The van der Waals surface area contributed by atoms with Gasteiger partial charge in [-0.2, -0.15) is 8.42 Å². The van der Waals surface area contributed by atoms with E-state index in [2.05, 4.69) is 18.7 Å². The largest absolute Gasteiger partial charge is 0.339 e. The number of nitrogens with two attached hydrogens (primary N) is 1. The van der Waals surface area contributed by atoms with Crippen LogP contribution in [-0.2, 0) is 19.3 Å². The molecule has 0 bridgehead atoms. The van der Waals surface area contributed by atoms with Gasteiger partial charge in [0, 0.05) is 44.3 Å². The quantitative estimate of drug-likeness (QED) is 0.372. The third-order valence-electron chi connectivity index (χ3n) is 14.0. The second kappa shape index (κ2) is 13.5. The lowest BCUT2D eigenvalue weighted by molar-refractivity contribution is -0.138. The molecule has 10 heteroatoms. The van der Waals surface area contributed by atoms with E-state index in [1.807, 2.05) is 54.3 Å². The molecule has 2 N–H and O–H groups in total. The molecule has 8 atom stereocenters. The Kier molecular flexibility index (Phi) is 9.65. The van der Waals surface area contributed by atoms with Crippen molar-refractivity contribution in [3.8, 4) is 0 Å². The maximum absolute atomic E-state index is 13.6. The Morgan fingerprint density at radius 2 is 1.61 bits per heavy atom. The second-order valence-corrected chi connectivity index (χ2v) is 17.7. The molecule has 49 heavy (non-hydrogen) atoms. The number of carbonyl (C=O) groups is 2. The fraction of sp³-hybridized carbons (Fsp3) is 0.692. The number of piperazine rings is 1. The molecule has 2 amide bonds. The van der Waals surface area contributed by atoms with Crippen molar-refractivity contribution >= 4 is 32.9 Å². The molecule has 7 rings (SSSR count). The summed E-state index contributed by atoms with van der Waals surface area (Å²) in [5, 5.41) is 7.47. The van der Waals surface area contributed by atoms with Crippen molar-refractivity contribution < 1.29 is 22.2 Å². The normalized spacial score (nSPS) is 35.0. The number of rotatable bonds is 8. The third kappa shape index (κ3) is 6.67. The highest BCUT2D eigenvalue weighted by molar-refractivity contribution is 7.84. The third-order valence-corrected chi connectivity index (χ3v) is 14.5. The lowest BCUT2D eigenvalue weighted by atomic mass is 9.45. The van der Waals surface area contributed by atoms with Gasteiger partial charge in [0.2, 0.25) is 5.91 Å². The topological polar surface area (TPSA) is 113 Å². The Morgan fingerprint density at radius 1 is 0.898 bits per heavy atom. The van der Waals surface area contributed by atoms with Gasteiger partial charge in [0.05, 0.1) is 6.10 Å². The van der Waals surface area contributed by atoms with Crippen LogP contribution in [0.25, 0.3) is 10.8 Å². The summed E-state index contributed by atoms with van der Waals surface area (Å²) in [5.41, 5.74) is 0.787. The first-order valence-corrected chi connectivity index (χ1v) is 20.4. The molecular weight excluding hydrogens is 637 g/mol. The van der Waals surface area contributed by atoms with Gasteiger partial charge in [0.15, 0.2) is 0 Å². The molecule has 268 valence electrons. The van der Waals surface area contributed by atoms with Crippen LogP contribution < -0.4 is 5.14 Å². The van der Waals surface area contributed by atoms with E-state index in [0.717, 1.165) is 61.9 Å². The zero-order chi connectivity index (χ0) is 34.6. The molecule has 1 aliphatic heterocycles. The van der Waals surface area contributed by atoms with Gasteiger partial charge >= 0.3 is 10.3 Å². The predicted molar refractivity (Wildman–Crippen MR) is 192 cm³/mol. The van der Waals surface area contributed by atoms with Gasteiger partial charge < -0.3 is 9.80 Å². The standard InChI is InChI=1S/C39H56N4O5S/c1-4-19-43(37(45)29-10-9-27-7-5-6-8-28(27)24-29)26-36(44)42-22-20-41(21-23-42)31-13-11-30-12-14-32-33-15-16-35(48-49(40,46)47)38(33,2)18-17-34(32)39(30,3)25-31/h5-10,24,30-35H,4,11-23,25-26H2,1-3H3,(H2,40,46,47). The average molecular weight is 693 g/mol. The first-order chi connectivity index (χ1) is 23.4. The molecule has 0 radical (unpaired) electrons. The minimum absolute atomic E-state index is 0.0413. The van der Waals surface area contributed by atoms with Crippen molar-refractivity contribution in [2.45, 2.75) is 97.1 Å². The molecule has 2 aromatic carbocycles. The number of amides is 2. The van der Waals surface area contributed by atoms with Gasteiger partial charge in [-0.05, 0) is 122 Å². The molecule has 2 aromatic rings. The van der Waals surface area contributed by atoms with E-state index in [4.69, 9.17) is 9.32 Å². The Balaban J connectivity index is 0.963. The average Bonchev–Trinajstić information content (AvgIpc) is 3.41. The summed E-state index contributed by atoms with van der Waals surface area (Å²) in [6.07, 6.45) is 10.7. The highest BCUT2D eigenvalue weighted by Crippen LogP contribution is 2.66. The lowest BCUT2D eigenvalue weighted by Crippen LogP contribution is -2.59. The van der Waals surface area contributed by atoms with Crippen LogP contribution in [0.2, 0.25) is 0 Å². The van der Waals surface area contributed by atoms with E-state index in [0.29, 0.717) is 49.0 Å². The Hall–Kier alpha value is -2.53. The van der Waals surface area contributed by atoms with Crippen molar-refractivity contribution in [2.75, 3.05) is 39.3 Å². The van der Waals surface area contributed by atoms with E-state index in [9.17, 15) is 18.0 Å².